The van der Waals surface area contributed by atoms with Crippen LogP contribution in [-0.4, -0.2) is 33.9 Å². The van der Waals surface area contributed by atoms with Crippen molar-refractivity contribution in [1.29, 1.82) is 0 Å². The molecule has 0 aromatic carbocycles. The minimum Gasteiger partial charge on any atom is -0.393 e. The molecule has 0 aromatic rings. The van der Waals surface area contributed by atoms with Crippen LogP contribution in [0.4, 0.5) is 0 Å². The molecule has 0 heterocycles. The lowest BCUT2D eigenvalue weighted by atomic mass is 9.97. The highest BCUT2D eigenvalue weighted by atomic mass is 16.3. The SMILES string of the molecule is C[C@H](O)C(=O)NC(C)(C)C[C@@H](C)O. The van der Waals surface area contributed by atoms with Crippen LogP contribution in [0.5, 0.6) is 0 Å². The lowest BCUT2D eigenvalue weighted by Gasteiger charge is -2.28. The summed E-state index contributed by atoms with van der Waals surface area (Å²) in [5.41, 5.74) is -0.484. The standard InChI is InChI=1S/C9H19NO3/c1-6(11)5-9(3,4)10-8(13)7(2)12/h6-7,11-12H,5H2,1-4H3,(H,10,13)/t6-,7+/m1/s1. The van der Waals surface area contributed by atoms with Crippen molar-refractivity contribution in [3.8, 4) is 0 Å². The lowest BCUT2D eigenvalue weighted by molar-refractivity contribution is -0.130. The van der Waals surface area contributed by atoms with E-state index >= 15 is 0 Å². The van der Waals surface area contributed by atoms with Crippen LogP contribution >= 0.6 is 0 Å². The largest absolute Gasteiger partial charge is 0.393 e. The van der Waals surface area contributed by atoms with Crippen molar-refractivity contribution >= 4 is 5.91 Å². The van der Waals surface area contributed by atoms with E-state index in [-0.39, 0.29) is 0 Å². The number of nitrogens with one attached hydrogen (secondary N) is 1. The number of rotatable bonds is 4. The van der Waals surface area contributed by atoms with Gasteiger partial charge in [0.2, 0.25) is 5.91 Å². The molecule has 13 heavy (non-hydrogen) atoms. The first-order valence-corrected chi connectivity index (χ1v) is 4.43. The first-order valence-electron chi connectivity index (χ1n) is 4.43. The first kappa shape index (κ1) is 12.4. The molecule has 2 atom stereocenters. The van der Waals surface area contributed by atoms with Crippen molar-refractivity contribution in [3.05, 3.63) is 0 Å². The molecule has 4 heteroatoms. The van der Waals surface area contributed by atoms with E-state index in [2.05, 4.69) is 5.32 Å². The van der Waals surface area contributed by atoms with Crippen molar-refractivity contribution < 1.29 is 15.0 Å². The number of aliphatic hydroxyl groups excluding tert-OH is 2. The van der Waals surface area contributed by atoms with E-state index in [1.807, 2.05) is 0 Å². The molecule has 0 spiro atoms. The van der Waals surface area contributed by atoms with Crippen molar-refractivity contribution in [2.45, 2.75) is 51.9 Å². The molecule has 0 radical (unpaired) electrons. The van der Waals surface area contributed by atoms with Crippen LogP contribution in [0.25, 0.3) is 0 Å². The van der Waals surface area contributed by atoms with Crippen molar-refractivity contribution in [2.24, 2.45) is 0 Å². The fourth-order valence-electron chi connectivity index (χ4n) is 1.23. The molecule has 78 valence electrons. The molecule has 0 aromatic heterocycles. The van der Waals surface area contributed by atoms with Crippen LogP contribution in [0.2, 0.25) is 0 Å². The third-order valence-corrected chi connectivity index (χ3v) is 1.65. The summed E-state index contributed by atoms with van der Waals surface area (Å²) in [5.74, 6) is -0.411. The van der Waals surface area contributed by atoms with Crippen molar-refractivity contribution in [1.82, 2.24) is 5.32 Å². The zero-order valence-corrected chi connectivity index (χ0v) is 8.66. The van der Waals surface area contributed by atoms with E-state index in [0.717, 1.165) is 0 Å². The summed E-state index contributed by atoms with van der Waals surface area (Å²) in [6.07, 6.45) is -1.01. The smallest absolute Gasteiger partial charge is 0.248 e. The number of hydrogen-bond donors (Lipinski definition) is 3. The molecule has 0 aliphatic carbocycles. The molecule has 4 nitrogen and oxygen atoms in total. The van der Waals surface area contributed by atoms with Gasteiger partial charge in [0.05, 0.1) is 6.10 Å². The van der Waals surface area contributed by atoms with Crippen molar-refractivity contribution in [2.75, 3.05) is 0 Å². The predicted octanol–water partition coefficient (Wildman–Crippen LogP) is 0.0329. The molecule has 0 fully saturated rings. The summed E-state index contributed by atoms with van der Waals surface area (Å²) >= 11 is 0. The maximum absolute atomic E-state index is 11.1. The molecule has 0 saturated heterocycles. The number of aliphatic hydroxyl groups is 2. The van der Waals surface area contributed by atoms with Gasteiger partial charge in [0.25, 0.3) is 0 Å². The van der Waals surface area contributed by atoms with Gasteiger partial charge in [-0.2, -0.15) is 0 Å². The molecule has 0 bridgehead atoms. The zero-order valence-electron chi connectivity index (χ0n) is 8.66. The van der Waals surface area contributed by atoms with Crippen LogP contribution in [0, 0.1) is 0 Å². The highest BCUT2D eigenvalue weighted by molar-refractivity contribution is 5.80. The van der Waals surface area contributed by atoms with Gasteiger partial charge in [-0.1, -0.05) is 0 Å². The maximum Gasteiger partial charge on any atom is 0.248 e. The first-order chi connectivity index (χ1) is 5.74. The molecule has 3 N–H and O–H groups in total. The average molecular weight is 189 g/mol. The summed E-state index contributed by atoms with van der Waals surface area (Å²) < 4.78 is 0. The van der Waals surface area contributed by atoms with E-state index in [1.54, 1.807) is 20.8 Å². The Labute approximate surface area is 79.0 Å². The molecule has 0 aliphatic rings. The van der Waals surface area contributed by atoms with Crippen LogP contribution in [0.1, 0.15) is 34.1 Å². The lowest BCUT2D eigenvalue weighted by Crippen LogP contribution is -2.48. The van der Waals surface area contributed by atoms with Gasteiger partial charge in [-0.05, 0) is 34.1 Å². The Morgan fingerprint density at radius 2 is 1.85 bits per heavy atom. The highest BCUT2D eigenvalue weighted by Gasteiger charge is 2.23. The molecule has 0 rings (SSSR count). The quantitative estimate of drug-likeness (QED) is 0.584. The summed E-state index contributed by atoms with van der Waals surface area (Å²) in [4.78, 5) is 11.1. The fourth-order valence-corrected chi connectivity index (χ4v) is 1.23. The average Bonchev–Trinajstić information content (AvgIpc) is 1.81. The third kappa shape index (κ3) is 5.60. The van der Waals surface area contributed by atoms with Gasteiger partial charge in [-0.25, -0.2) is 0 Å². The topological polar surface area (TPSA) is 69.6 Å². The van der Waals surface area contributed by atoms with Gasteiger partial charge < -0.3 is 15.5 Å². The van der Waals surface area contributed by atoms with Gasteiger partial charge in [-0.15, -0.1) is 0 Å². The Balaban J connectivity index is 4.09. The zero-order chi connectivity index (χ0) is 10.6. The third-order valence-electron chi connectivity index (χ3n) is 1.65. The van der Waals surface area contributed by atoms with Crippen LogP contribution in [-0.2, 0) is 4.79 Å². The second kappa shape index (κ2) is 4.58. The Morgan fingerprint density at radius 1 is 1.38 bits per heavy atom. The van der Waals surface area contributed by atoms with Gasteiger partial charge in [0.15, 0.2) is 0 Å². The van der Waals surface area contributed by atoms with Gasteiger partial charge in [-0.3, -0.25) is 4.79 Å². The van der Waals surface area contributed by atoms with Gasteiger partial charge in [0, 0.05) is 5.54 Å². The minimum absolute atomic E-state index is 0.411. The number of carbonyl (C=O) groups is 1. The summed E-state index contributed by atoms with van der Waals surface area (Å²) in [5, 5.41) is 20.7. The molecule has 1 amide bonds. The minimum atomic E-state index is -1.01. The number of carbonyl (C=O) groups excluding carboxylic acids is 1. The Hall–Kier alpha value is -0.610. The van der Waals surface area contributed by atoms with E-state index in [1.165, 1.54) is 6.92 Å². The van der Waals surface area contributed by atoms with E-state index in [0.29, 0.717) is 6.42 Å². The van der Waals surface area contributed by atoms with Crippen LogP contribution in [0.15, 0.2) is 0 Å². The fraction of sp³-hybridized carbons (Fsp3) is 0.889. The second-order valence-electron chi connectivity index (χ2n) is 4.10. The monoisotopic (exact) mass is 189 g/mol. The maximum atomic E-state index is 11.1. The Morgan fingerprint density at radius 3 is 2.15 bits per heavy atom. The number of hydrogen-bond acceptors (Lipinski definition) is 3. The molecule has 0 saturated carbocycles. The second-order valence-corrected chi connectivity index (χ2v) is 4.10. The van der Waals surface area contributed by atoms with Gasteiger partial charge >= 0.3 is 0 Å². The molecular weight excluding hydrogens is 170 g/mol. The summed E-state index contributed by atoms with van der Waals surface area (Å²) in [6.45, 7) is 6.68. The van der Waals surface area contributed by atoms with Crippen LogP contribution in [0.3, 0.4) is 0 Å². The highest BCUT2D eigenvalue weighted by Crippen LogP contribution is 2.11. The Bertz CT molecular complexity index is 176. The molecule has 0 unspecified atom stereocenters. The van der Waals surface area contributed by atoms with E-state index in [4.69, 9.17) is 10.2 Å². The van der Waals surface area contributed by atoms with Crippen LogP contribution < -0.4 is 5.32 Å². The normalized spacial score (nSPS) is 16.5. The predicted molar refractivity (Wildman–Crippen MR) is 50.2 cm³/mol. The van der Waals surface area contributed by atoms with Gasteiger partial charge in [0.1, 0.15) is 6.10 Å². The number of amides is 1. The van der Waals surface area contributed by atoms with E-state index < -0.39 is 23.7 Å². The Kier molecular flexibility index (Phi) is 4.36. The molecule has 0 aliphatic heterocycles. The molecular formula is C9H19NO3. The summed E-state index contributed by atoms with van der Waals surface area (Å²) in [6, 6.07) is 0. The van der Waals surface area contributed by atoms with Crippen molar-refractivity contribution in [3.63, 3.8) is 0 Å². The summed E-state index contributed by atoms with van der Waals surface area (Å²) in [7, 11) is 0. The van der Waals surface area contributed by atoms with E-state index in [9.17, 15) is 4.79 Å².